The van der Waals surface area contributed by atoms with E-state index in [4.69, 9.17) is 9.26 Å². The van der Waals surface area contributed by atoms with Gasteiger partial charge in [0, 0.05) is 19.2 Å². The average Bonchev–Trinajstić information content (AvgIpc) is 2.89. The maximum atomic E-state index is 11.6. The Bertz CT molecular complexity index is 510. The summed E-state index contributed by atoms with van der Waals surface area (Å²) in [5, 5.41) is 6.36. The van der Waals surface area contributed by atoms with E-state index >= 15 is 0 Å². The zero-order valence-electron chi connectivity index (χ0n) is 9.92. The average molecular weight is 247 g/mol. The van der Waals surface area contributed by atoms with Crippen LogP contribution in [0.4, 0.5) is 0 Å². The van der Waals surface area contributed by atoms with E-state index < -0.39 is 5.91 Å². The molecule has 2 aromatic rings. The first-order valence-electron chi connectivity index (χ1n) is 5.47. The number of benzene rings is 1. The number of ether oxygens (including phenoxy) is 1. The Hall–Kier alpha value is -2.21. The Morgan fingerprint density at radius 1 is 1.39 bits per heavy atom. The second kappa shape index (κ2) is 5.92. The monoisotopic (exact) mass is 247 g/mol. The van der Waals surface area contributed by atoms with Crippen molar-refractivity contribution in [1.82, 2.24) is 15.5 Å². The highest BCUT2D eigenvalue weighted by molar-refractivity contribution is 5.89. The molecule has 6 heteroatoms. The summed E-state index contributed by atoms with van der Waals surface area (Å²) in [6, 6.07) is 9.31. The molecule has 0 unspecified atom stereocenters. The molecule has 1 heterocycles. The molecule has 0 fully saturated rings. The number of nitrogens with zero attached hydrogens (tertiary/aromatic N) is 2. The molecule has 0 atom stereocenters. The molecule has 0 bridgehead atoms. The Kier molecular flexibility index (Phi) is 4.03. The molecule has 18 heavy (non-hydrogen) atoms. The van der Waals surface area contributed by atoms with E-state index in [-0.39, 0.29) is 5.89 Å². The fourth-order valence-electron chi connectivity index (χ4n) is 1.36. The van der Waals surface area contributed by atoms with Gasteiger partial charge in [-0.05, 0) is 0 Å². The Labute approximate surface area is 104 Å². The van der Waals surface area contributed by atoms with Crippen molar-refractivity contribution in [3.63, 3.8) is 0 Å². The number of carbonyl (C=O) groups excluding carboxylic acids is 1. The van der Waals surface area contributed by atoms with Crippen molar-refractivity contribution in [3.05, 3.63) is 36.2 Å². The van der Waals surface area contributed by atoms with Crippen LogP contribution in [0.3, 0.4) is 0 Å². The Morgan fingerprint density at radius 3 is 2.89 bits per heavy atom. The van der Waals surface area contributed by atoms with Gasteiger partial charge in [-0.2, -0.15) is 4.98 Å². The fourth-order valence-corrected chi connectivity index (χ4v) is 1.36. The van der Waals surface area contributed by atoms with Crippen molar-refractivity contribution >= 4 is 5.91 Å². The molecule has 1 aromatic carbocycles. The fraction of sp³-hybridized carbons (Fsp3) is 0.250. The smallest absolute Gasteiger partial charge is 0.316 e. The molecule has 0 spiro atoms. The minimum atomic E-state index is -0.401. The lowest BCUT2D eigenvalue weighted by molar-refractivity contribution is 0.0893. The highest BCUT2D eigenvalue weighted by atomic mass is 16.5. The summed E-state index contributed by atoms with van der Waals surface area (Å²) in [6.45, 7) is 0.837. The third-order valence-corrected chi connectivity index (χ3v) is 2.24. The molecule has 0 saturated heterocycles. The maximum absolute atomic E-state index is 11.6. The largest absolute Gasteiger partial charge is 0.383 e. The van der Waals surface area contributed by atoms with Gasteiger partial charge in [0.25, 0.3) is 0 Å². The van der Waals surface area contributed by atoms with Gasteiger partial charge in [-0.25, -0.2) is 0 Å². The van der Waals surface area contributed by atoms with Gasteiger partial charge in [0.15, 0.2) is 0 Å². The van der Waals surface area contributed by atoms with Gasteiger partial charge >= 0.3 is 11.8 Å². The number of methoxy groups -OCH3 is 1. The van der Waals surface area contributed by atoms with Crippen molar-refractivity contribution in [2.75, 3.05) is 20.3 Å². The first-order valence-corrected chi connectivity index (χ1v) is 5.47. The van der Waals surface area contributed by atoms with Crippen molar-refractivity contribution in [2.24, 2.45) is 0 Å². The van der Waals surface area contributed by atoms with Gasteiger partial charge in [-0.15, -0.1) is 0 Å². The normalized spacial score (nSPS) is 10.3. The summed E-state index contributed by atoms with van der Waals surface area (Å²) < 4.78 is 9.72. The van der Waals surface area contributed by atoms with Crippen molar-refractivity contribution in [3.8, 4) is 11.4 Å². The van der Waals surface area contributed by atoms with E-state index in [0.29, 0.717) is 19.0 Å². The standard InChI is InChI=1S/C12H13N3O3/c1-17-8-7-13-11(16)12-14-10(15-18-12)9-5-3-2-4-6-9/h2-6H,7-8H2,1H3,(H,13,16). The van der Waals surface area contributed by atoms with Gasteiger partial charge < -0.3 is 14.6 Å². The lowest BCUT2D eigenvalue weighted by Gasteiger charge is -1.99. The Balaban J connectivity index is 2.04. The van der Waals surface area contributed by atoms with E-state index in [0.717, 1.165) is 5.56 Å². The van der Waals surface area contributed by atoms with Crippen LogP contribution in [-0.4, -0.2) is 36.3 Å². The third-order valence-electron chi connectivity index (χ3n) is 2.24. The summed E-state index contributed by atoms with van der Waals surface area (Å²) in [5.41, 5.74) is 0.803. The molecular weight excluding hydrogens is 234 g/mol. The van der Waals surface area contributed by atoms with Crippen LogP contribution in [-0.2, 0) is 4.74 Å². The maximum Gasteiger partial charge on any atom is 0.316 e. The SMILES string of the molecule is COCCNC(=O)c1nc(-c2ccccc2)no1. The predicted molar refractivity (Wildman–Crippen MR) is 63.9 cm³/mol. The van der Waals surface area contributed by atoms with E-state index in [1.807, 2.05) is 30.3 Å². The van der Waals surface area contributed by atoms with E-state index in [9.17, 15) is 4.79 Å². The lowest BCUT2D eigenvalue weighted by Crippen LogP contribution is -2.27. The van der Waals surface area contributed by atoms with E-state index in [2.05, 4.69) is 15.5 Å². The number of nitrogens with one attached hydrogen (secondary N) is 1. The van der Waals surface area contributed by atoms with Crippen LogP contribution in [0.2, 0.25) is 0 Å². The number of amides is 1. The molecular formula is C12H13N3O3. The molecule has 1 N–H and O–H groups in total. The van der Waals surface area contributed by atoms with E-state index in [1.165, 1.54) is 0 Å². The van der Waals surface area contributed by atoms with Crippen LogP contribution in [0.15, 0.2) is 34.9 Å². The summed E-state index contributed by atoms with van der Waals surface area (Å²) in [4.78, 5) is 15.6. The van der Waals surface area contributed by atoms with Gasteiger partial charge in [0.05, 0.1) is 6.61 Å². The number of aromatic nitrogens is 2. The summed E-state index contributed by atoms with van der Waals surface area (Å²) in [7, 11) is 1.56. The van der Waals surface area contributed by atoms with Crippen LogP contribution < -0.4 is 5.32 Å². The van der Waals surface area contributed by atoms with Crippen molar-refractivity contribution in [2.45, 2.75) is 0 Å². The second-order valence-corrected chi connectivity index (χ2v) is 3.54. The molecule has 0 radical (unpaired) electrons. The molecule has 1 amide bonds. The zero-order valence-corrected chi connectivity index (χ0v) is 9.92. The molecule has 94 valence electrons. The van der Waals surface area contributed by atoms with Gasteiger partial charge in [0.2, 0.25) is 5.82 Å². The minimum absolute atomic E-state index is 0.0510. The van der Waals surface area contributed by atoms with Gasteiger partial charge in [-0.3, -0.25) is 4.79 Å². The second-order valence-electron chi connectivity index (χ2n) is 3.54. The number of carbonyl (C=O) groups is 1. The summed E-state index contributed by atoms with van der Waals surface area (Å²) in [5.74, 6) is -0.0563. The molecule has 2 rings (SSSR count). The quantitative estimate of drug-likeness (QED) is 0.801. The summed E-state index contributed by atoms with van der Waals surface area (Å²) >= 11 is 0. The highest BCUT2D eigenvalue weighted by Crippen LogP contribution is 2.14. The minimum Gasteiger partial charge on any atom is -0.383 e. The first-order chi connectivity index (χ1) is 8.81. The predicted octanol–water partition coefficient (Wildman–Crippen LogP) is 1.11. The van der Waals surface area contributed by atoms with Crippen molar-refractivity contribution in [1.29, 1.82) is 0 Å². The highest BCUT2D eigenvalue weighted by Gasteiger charge is 2.15. The van der Waals surface area contributed by atoms with Gasteiger partial charge in [0.1, 0.15) is 0 Å². The van der Waals surface area contributed by atoms with Crippen LogP contribution in [0.1, 0.15) is 10.7 Å². The number of hydrogen-bond donors (Lipinski definition) is 1. The van der Waals surface area contributed by atoms with E-state index in [1.54, 1.807) is 7.11 Å². The first kappa shape index (κ1) is 12.3. The number of rotatable bonds is 5. The summed E-state index contributed by atoms with van der Waals surface area (Å²) in [6.07, 6.45) is 0. The van der Waals surface area contributed by atoms with Crippen LogP contribution in [0.5, 0.6) is 0 Å². The van der Waals surface area contributed by atoms with Crippen LogP contribution in [0, 0.1) is 0 Å². The molecule has 0 aliphatic rings. The molecule has 0 aliphatic heterocycles. The molecule has 6 nitrogen and oxygen atoms in total. The van der Waals surface area contributed by atoms with Crippen molar-refractivity contribution < 1.29 is 14.1 Å². The molecule has 0 aliphatic carbocycles. The Morgan fingerprint density at radius 2 is 2.17 bits per heavy atom. The molecule has 0 saturated carbocycles. The zero-order chi connectivity index (χ0) is 12.8. The number of hydrogen-bond acceptors (Lipinski definition) is 5. The lowest BCUT2D eigenvalue weighted by atomic mass is 10.2. The van der Waals surface area contributed by atoms with Crippen LogP contribution in [0.25, 0.3) is 11.4 Å². The topological polar surface area (TPSA) is 77.2 Å². The van der Waals surface area contributed by atoms with Crippen LogP contribution >= 0.6 is 0 Å². The molecule has 1 aromatic heterocycles. The third kappa shape index (κ3) is 2.92. The van der Waals surface area contributed by atoms with Gasteiger partial charge in [-0.1, -0.05) is 35.5 Å².